The van der Waals surface area contributed by atoms with Crippen molar-refractivity contribution >= 4 is 18.3 Å². The van der Waals surface area contributed by atoms with E-state index in [0.717, 1.165) is 18.4 Å². The number of nitrogens with two attached hydrogens (primary N) is 1. The molecule has 6 heteroatoms. The number of rotatable bonds is 4. The lowest BCUT2D eigenvalue weighted by Crippen LogP contribution is -2.37. The van der Waals surface area contributed by atoms with E-state index in [0.29, 0.717) is 12.3 Å². The minimum Gasteiger partial charge on any atom is -0.349 e. The van der Waals surface area contributed by atoms with Crippen LogP contribution in [0.1, 0.15) is 50.6 Å². The van der Waals surface area contributed by atoms with E-state index in [4.69, 9.17) is 5.73 Å². The maximum absolute atomic E-state index is 12.1. The molecule has 0 spiro atoms. The van der Waals surface area contributed by atoms with Crippen molar-refractivity contribution in [2.24, 2.45) is 18.7 Å². The summed E-state index contributed by atoms with van der Waals surface area (Å²) in [6, 6.07) is 0.189. The van der Waals surface area contributed by atoms with Gasteiger partial charge in [0.1, 0.15) is 0 Å². The van der Waals surface area contributed by atoms with E-state index in [1.54, 1.807) is 10.9 Å². The number of nitrogens with one attached hydrogen (secondary N) is 1. The van der Waals surface area contributed by atoms with Gasteiger partial charge in [-0.05, 0) is 25.7 Å². The molecular weight excluding hydrogens is 276 g/mol. The zero-order valence-corrected chi connectivity index (χ0v) is 13.0. The van der Waals surface area contributed by atoms with Crippen molar-refractivity contribution in [3.63, 3.8) is 0 Å². The Balaban J connectivity index is 0.00000200. The van der Waals surface area contributed by atoms with Crippen LogP contribution in [0.3, 0.4) is 0 Å². The molecule has 0 radical (unpaired) electrons. The highest BCUT2D eigenvalue weighted by Crippen LogP contribution is 2.25. The van der Waals surface area contributed by atoms with Crippen molar-refractivity contribution in [3.05, 3.63) is 18.0 Å². The molecule has 0 aliphatic heterocycles. The summed E-state index contributed by atoms with van der Waals surface area (Å²) >= 11 is 0. The molecule has 1 aromatic rings. The van der Waals surface area contributed by atoms with Crippen molar-refractivity contribution in [3.8, 4) is 0 Å². The first-order chi connectivity index (χ1) is 9.06. The van der Waals surface area contributed by atoms with Crippen molar-refractivity contribution in [1.82, 2.24) is 15.1 Å². The quantitative estimate of drug-likeness (QED) is 0.892. The van der Waals surface area contributed by atoms with E-state index in [1.807, 2.05) is 20.2 Å². The van der Waals surface area contributed by atoms with Gasteiger partial charge in [0, 0.05) is 31.3 Å². The second-order valence-electron chi connectivity index (χ2n) is 5.65. The summed E-state index contributed by atoms with van der Waals surface area (Å²) in [5.41, 5.74) is 7.11. The van der Waals surface area contributed by atoms with Crippen molar-refractivity contribution in [2.75, 3.05) is 0 Å². The molecule has 1 aliphatic carbocycles. The number of hydrogen-bond donors (Lipinski definition) is 2. The zero-order valence-electron chi connectivity index (χ0n) is 12.2. The van der Waals surface area contributed by atoms with E-state index in [2.05, 4.69) is 10.4 Å². The number of nitrogens with zero attached hydrogens (tertiary/aromatic N) is 2. The lowest BCUT2D eigenvalue weighted by Gasteiger charge is -2.28. The van der Waals surface area contributed by atoms with Crippen LogP contribution < -0.4 is 11.1 Å². The van der Waals surface area contributed by atoms with Crippen LogP contribution in [0.5, 0.6) is 0 Å². The van der Waals surface area contributed by atoms with E-state index in [9.17, 15) is 4.79 Å². The molecule has 2 rings (SSSR count). The van der Waals surface area contributed by atoms with Gasteiger partial charge < -0.3 is 11.1 Å². The van der Waals surface area contributed by atoms with Gasteiger partial charge in [-0.1, -0.05) is 12.8 Å². The predicted octanol–water partition coefficient (Wildman–Crippen LogP) is 1.93. The Morgan fingerprint density at radius 2 is 2.25 bits per heavy atom. The maximum atomic E-state index is 12.1. The summed E-state index contributed by atoms with van der Waals surface area (Å²) in [7, 11) is 1.87. The van der Waals surface area contributed by atoms with Crippen LogP contribution in [0.25, 0.3) is 0 Å². The van der Waals surface area contributed by atoms with Crippen LogP contribution in [0.2, 0.25) is 0 Å². The first kappa shape index (κ1) is 17.0. The third kappa shape index (κ3) is 4.49. The molecule has 3 atom stereocenters. The molecule has 0 bridgehead atoms. The van der Waals surface area contributed by atoms with Crippen molar-refractivity contribution in [2.45, 2.75) is 51.1 Å². The summed E-state index contributed by atoms with van der Waals surface area (Å²) in [5.74, 6) is 0.438. The molecule has 5 nitrogen and oxygen atoms in total. The van der Waals surface area contributed by atoms with Crippen LogP contribution >= 0.6 is 12.4 Å². The Morgan fingerprint density at radius 3 is 2.85 bits per heavy atom. The molecule has 20 heavy (non-hydrogen) atoms. The second kappa shape index (κ2) is 7.64. The molecule has 1 fully saturated rings. The smallest absolute Gasteiger partial charge is 0.220 e. The fourth-order valence-corrected chi connectivity index (χ4v) is 2.78. The summed E-state index contributed by atoms with van der Waals surface area (Å²) in [6.45, 7) is 1.98. The second-order valence-corrected chi connectivity index (χ2v) is 5.65. The molecule has 0 saturated heterocycles. The third-order valence-electron chi connectivity index (χ3n) is 4.02. The summed E-state index contributed by atoms with van der Waals surface area (Å²) < 4.78 is 1.75. The molecule has 0 aromatic carbocycles. The number of aromatic nitrogens is 2. The number of aryl methyl sites for hydroxylation is 1. The van der Waals surface area contributed by atoms with Gasteiger partial charge in [0.05, 0.1) is 12.2 Å². The molecule has 114 valence electrons. The van der Waals surface area contributed by atoms with E-state index < -0.39 is 0 Å². The first-order valence-corrected chi connectivity index (χ1v) is 7.09. The average Bonchev–Trinajstić information content (AvgIpc) is 2.79. The molecule has 3 N–H and O–H groups in total. The van der Waals surface area contributed by atoms with Crippen molar-refractivity contribution in [1.29, 1.82) is 0 Å². The molecule has 1 aliphatic rings. The minimum absolute atomic E-state index is 0. The van der Waals surface area contributed by atoms with Crippen LogP contribution in [-0.2, 0) is 11.8 Å². The highest BCUT2D eigenvalue weighted by Gasteiger charge is 2.24. The molecule has 1 aromatic heterocycles. The van der Waals surface area contributed by atoms with Gasteiger partial charge in [-0.3, -0.25) is 9.48 Å². The molecular formula is C14H25ClN4O. The van der Waals surface area contributed by atoms with Crippen LogP contribution in [-0.4, -0.2) is 21.7 Å². The highest BCUT2D eigenvalue weighted by molar-refractivity contribution is 5.85. The van der Waals surface area contributed by atoms with Crippen molar-refractivity contribution < 1.29 is 4.79 Å². The Morgan fingerprint density at radius 1 is 1.55 bits per heavy atom. The van der Waals surface area contributed by atoms with Crippen LogP contribution in [0.15, 0.2) is 12.4 Å². The lowest BCUT2D eigenvalue weighted by atomic mass is 9.83. The number of carbonyl (C=O) groups excluding carboxylic acids is 1. The normalized spacial score (nSPS) is 23.8. The number of halogens is 1. The molecule has 3 unspecified atom stereocenters. The SMILES string of the molecule is CC(NC(=O)CC1CCCCC1N)c1cnn(C)c1.Cl. The van der Waals surface area contributed by atoms with Crippen LogP contribution in [0, 0.1) is 5.92 Å². The van der Waals surface area contributed by atoms with E-state index in [1.165, 1.54) is 12.8 Å². The van der Waals surface area contributed by atoms with Gasteiger partial charge in [0.25, 0.3) is 0 Å². The van der Waals surface area contributed by atoms with E-state index in [-0.39, 0.29) is 30.4 Å². The number of amides is 1. The fraction of sp³-hybridized carbons (Fsp3) is 0.714. The van der Waals surface area contributed by atoms with Gasteiger partial charge in [-0.15, -0.1) is 12.4 Å². The zero-order chi connectivity index (χ0) is 13.8. The Kier molecular flexibility index (Phi) is 6.49. The largest absolute Gasteiger partial charge is 0.349 e. The highest BCUT2D eigenvalue weighted by atomic mass is 35.5. The van der Waals surface area contributed by atoms with Gasteiger partial charge in [-0.25, -0.2) is 0 Å². The minimum atomic E-state index is 0. The Bertz CT molecular complexity index is 435. The summed E-state index contributed by atoms with van der Waals surface area (Å²) in [4.78, 5) is 12.1. The summed E-state index contributed by atoms with van der Waals surface area (Å²) in [5, 5.41) is 7.15. The topological polar surface area (TPSA) is 72.9 Å². The fourth-order valence-electron chi connectivity index (χ4n) is 2.78. The average molecular weight is 301 g/mol. The molecule has 1 heterocycles. The predicted molar refractivity (Wildman–Crippen MR) is 81.6 cm³/mol. The van der Waals surface area contributed by atoms with Gasteiger partial charge in [0.15, 0.2) is 0 Å². The van der Waals surface area contributed by atoms with Gasteiger partial charge >= 0.3 is 0 Å². The van der Waals surface area contributed by atoms with Crippen LogP contribution in [0.4, 0.5) is 0 Å². The lowest BCUT2D eigenvalue weighted by molar-refractivity contribution is -0.123. The number of carbonyl (C=O) groups is 1. The van der Waals surface area contributed by atoms with E-state index >= 15 is 0 Å². The molecule has 1 saturated carbocycles. The monoisotopic (exact) mass is 300 g/mol. The maximum Gasteiger partial charge on any atom is 0.220 e. The summed E-state index contributed by atoms with van der Waals surface area (Å²) in [6.07, 6.45) is 8.79. The first-order valence-electron chi connectivity index (χ1n) is 7.09. The van der Waals surface area contributed by atoms with Gasteiger partial charge in [-0.2, -0.15) is 5.10 Å². The third-order valence-corrected chi connectivity index (χ3v) is 4.02. The number of hydrogen-bond acceptors (Lipinski definition) is 3. The standard InChI is InChI=1S/C14H24N4O.ClH/c1-10(12-8-16-18(2)9-12)17-14(19)7-11-5-3-4-6-13(11)15;/h8-11,13H,3-7,15H2,1-2H3,(H,17,19);1H. The Labute approximate surface area is 126 Å². The molecule has 1 amide bonds. The van der Waals surface area contributed by atoms with Gasteiger partial charge in [0.2, 0.25) is 5.91 Å². The Hall–Kier alpha value is -1.07.